The number of hydrogen-bond donors (Lipinski definition) is 2. The van der Waals surface area contributed by atoms with Gasteiger partial charge in [-0.05, 0) is 13.8 Å². The molecule has 4 amide bonds. The average Bonchev–Trinajstić information content (AvgIpc) is 2.57. The van der Waals surface area contributed by atoms with Crippen molar-refractivity contribution in [3.05, 3.63) is 0 Å². The van der Waals surface area contributed by atoms with Crippen LogP contribution >= 0.6 is 0 Å². The number of amides is 4. The standard InChI is InChI=1S/C11H20N4O5/c1-5-19-9(16)12-7-8(13-10(17)20-6-2)15(4)11(18)14(7)3/h7-8H,5-6H2,1-4H3,(H,12,16)(H,13,17). The molecule has 20 heavy (non-hydrogen) atoms. The molecule has 0 aromatic heterocycles. The van der Waals surface area contributed by atoms with E-state index in [1.807, 2.05) is 0 Å². The summed E-state index contributed by atoms with van der Waals surface area (Å²) in [6, 6.07) is -0.339. The number of likely N-dealkylation sites (N-methyl/N-ethyl adjacent to an activating group) is 2. The maximum Gasteiger partial charge on any atom is 0.408 e. The minimum atomic E-state index is -0.740. The molecule has 1 aliphatic rings. The van der Waals surface area contributed by atoms with Crippen molar-refractivity contribution in [2.24, 2.45) is 0 Å². The highest BCUT2D eigenvalue weighted by atomic mass is 16.6. The number of carbonyl (C=O) groups is 3. The van der Waals surface area contributed by atoms with Gasteiger partial charge in [0, 0.05) is 14.1 Å². The Kier molecular flexibility index (Phi) is 5.42. The molecule has 9 heteroatoms. The van der Waals surface area contributed by atoms with Crippen LogP contribution in [0.4, 0.5) is 14.4 Å². The van der Waals surface area contributed by atoms with Crippen LogP contribution in [0.5, 0.6) is 0 Å². The van der Waals surface area contributed by atoms with E-state index in [2.05, 4.69) is 10.6 Å². The zero-order chi connectivity index (χ0) is 15.3. The van der Waals surface area contributed by atoms with Gasteiger partial charge in [-0.3, -0.25) is 10.6 Å². The molecule has 0 saturated carbocycles. The third kappa shape index (κ3) is 3.43. The Morgan fingerprint density at radius 1 is 1.00 bits per heavy atom. The number of alkyl carbamates (subject to hydrolysis) is 2. The third-order valence-electron chi connectivity index (χ3n) is 2.82. The van der Waals surface area contributed by atoms with Gasteiger partial charge in [-0.2, -0.15) is 0 Å². The SMILES string of the molecule is CCOC(=O)NC1C(NC(=O)OCC)N(C)C(=O)N1C. The van der Waals surface area contributed by atoms with Gasteiger partial charge in [0.25, 0.3) is 0 Å². The quantitative estimate of drug-likeness (QED) is 0.765. The van der Waals surface area contributed by atoms with E-state index in [-0.39, 0.29) is 19.2 Å². The lowest BCUT2D eigenvalue weighted by Gasteiger charge is -2.25. The molecule has 2 N–H and O–H groups in total. The summed E-state index contributed by atoms with van der Waals surface area (Å²) >= 11 is 0. The largest absolute Gasteiger partial charge is 0.450 e. The van der Waals surface area contributed by atoms with Crippen molar-refractivity contribution in [2.45, 2.75) is 26.2 Å². The van der Waals surface area contributed by atoms with Crippen molar-refractivity contribution >= 4 is 18.2 Å². The number of nitrogens with one attached hydrogen (secondary N) is 2. The van der Waals surface area contributed by atoms with Gasteiger partial charge in [-0.25, -0.2) is 14.4 Å². The number of carbonyl (C=O) groups excluding carboxylic acids is 3. The first-order valence-electron chi connectivity index (χ1n) is 6.28. The van der Waals surface area contributed by atoms with Crippen molar-refractivity contribution in [3.8, 4) is 0 Å². The molecular formula is C11H20N4O5. The molecule has 0 aromatic carbocycles. The van der Waals surface area contributed by atoms with Gasteiger partial charge in [0.05, 0.1) is 13.2 Å². The maximum atomic E-state index is 11.9. The van der Waals surface area contributed by atoms with Gasteiger partial charge >= 0.3 is 18.2 Å². The fraction of sp³-hybridized carbons (Fsp3) is 0.727. The molecule has 1 aliphatic heterocycles. The summed E-state index contributed by atoms with van der Waals surface area (Å²) in [5.41, 5.74) is 0. The second-order valence-corrected chi connectivity index (χ2v) is 4.12. The summed E-state index contributed by atoms with van der Waals surface area (Å²) in [5, 5.41) is 5.04. The summed E-state index contributed by atoms with van der Waals surface area (Å²) in [5.74, 6) is 0. The van der Waals surface area contributed by atoms with Crippen LogP contribution in [0, 0.1) is 0 Å². The fourth-order valence-corrected chi connectivity index (χ4v) is 1.85. The van der Waals surface area contributed by atoms with Crippen LogP contribution < -0.4 is 10.6 Å². The van der Waals surface area contributed by atoms with Crippen LogP contribution in [-0.4, -0.2) is 67.7 Å². The van der Waals surface area contributed by atoms with Crippen molar-refractivity contribution in [2.75, 3.05) is 27.3 Å². The Hall–Kier alpha value is -2.19. The molecule has 1 heterocycles. The molecule has 1 fully saturated rings. The fourth-order valence-electron chi connectivity index (χ4n) is 1.85. The second-order valence-electron chi connectivity index (χ2n) is 4.12. The number of rotatable bonds is 4. The van der Waals surface area contributed by atoms with Crippen LogP contribution in [0.1, 0.15) is 13.8 Å². The van der Waals surface area contributed by atoms with Gasteiger partial charge in [0.1, 0.15) is 12.3 Å². The van der Waals surface area contributed by atoms with Crippen LogP contribution in [-0.2, 0) is 9.47 Å². The van der Waals surface area contributed by atoms with E-state index in [1.54, 1.807) is 13.8 Å². The average molecular weight is 288 g/mol. The van der Waals surface area contributed by atoms with Crippen LogP contribution in [0.15, 0.2) is 0 Å². The minimum absolute atomic E-state index is 0.210. The van der Waals surface area contributed by atoms with Crippen molar-refractivity contribution < 1.29 is 23.9 Å². The van der Waals surface area contributed by atoms with Crippen molar-refractivity contribution in [1.29, 1.82) is 0 Å². The molecule has 0 radical (unpaired) electrons. The first kappa shape index (κ1) is 15.9. The van der Waals surface area contributed by atoms with Crippen molar-refractivity contribution in [3.63, 3.8) is 0 Å². The zero-order valence-corrected chi connectivity index (χ0v) is 12.0. The molecular weight excluding hydrogens is 268 g/mol. The monoisotopic (exact) mass is 288 g/mol. The Morgan fingerprint density at radius 3 is 1.65 bits per heavy atom. The van der Waals surface area contributed by atoms with Gasteiger partial charge in [-0.15, -0.1) is 0 Å². The Bertz CT molecular complexity index is 355. The first-order chi connectivity index (χ1) is 9.42. The lowest BCUT2D eigenvalue weighted by Crippen LogP contribution is -2.56. The highest BCUT2D eigenvalue weighted by Gasteiger charge is 2.44. The smallest absolute Gasteiger partial charge is 0.408 e. The van der Waals surface area contributed by atoms with E-state index in [9.17, 15) is 14.4 Å². The maximum absolute atomic E-state index is 11.9. The molecule has 2 atom stereocenters. The number of ether oxygens (including phenoxy) is 2. The van der Waals surface area contributed by atoms with Gasteiger partial charge < -0.3 is 19.3 Å². The molecule has 2 unspecified atom stereocenters. The van der Waals surface area contributed by atoms with Crippen LogP contribution in [0.2, 0.25) is 0 Å². The van der Waals surface area contributed by atoms with Crippen LogP contribution in [0.25, 0.3) is 0 Å². The first-order valence-corrected chi connectivity index (χ1v) is 6.28. The molecule has 1 saturated heterocycles. The predicted octanol–water partition coefficient (Wildman–Crippen LogP) is 0.128. The highest BCUT2D eigenvalue weighted by Crippen LogP contribution is 2.16. The molecule has 0 aromatic rings. The summed E-state index contributed by atoms with van der Waals surface area (Å²) < 4.78 is 9.55. The van der Waals surface area contributed by atoms with E-state index in [1.165, 1.54) is 23.9 Å². The van der Waals surface area contributed by atoms with Gasteiger partial charge in [-0.1, -0.05) is 0 Å². The topological polar surface area (TPSA) is 100 Å². The lowest BCUT2D eigenvalue weighted by atomic mass is 10.3. The Labute approximate surface area is 117 Å². The molecule has 9 nitrogen and oxygen atoms in total. The lowest BCUT2D eigenvalue weighted by molar-refractivity contribution is 0.118. The van der Waals surface area contributed by atoms with Gasteiger partial charge in [0.15, 0.2) is 0 Å². The van der Waals surface area contributed by atoms with E-state index < -0.39 is 24.5 Å². The minimum Gasteiger partial charge on any atom is -0.450 e. The number of nitrogens with zero attached hydrogens (tertiary/aromatic N) is 2. The van der Waals surface area contributed by atoms with E-state index in [0.717, 1.165) is 0 Å². The molecule has 114 valence electrons. The summed E-state index contributed by atoms with van der Waals surface area (Å²) in [6.07, 6.45) is -2.81. The zero-order valence-electron chi connectivity index (χ0n) is 12.0. The summed E-state index contributed by atoms with van der Waals surface area (Å²) in [4.78, 5) is 37.4. The molecule has 0 aliphatic carbocycles. The van der Waals surface area contributed by atoms with E-state index in [0.29, 0.717) is 0 Å². The molecule has 1 rings (SSSR count). The summed E-state index contributed by atoms with van der Waals surface area (Å²) in [7, 11) is 3.03. The van der Waals surface area contributed by atoms with Crippen molar-refractivity contribution in [1.82, 2.24) is 20.4 Å². The summed E-state index contributed by atoms with van der Waals surface area (Å²) in [6.45, 7) is 3.76. The number of hydrogen-bond acceptors (Lipinski definition) is 5. The second kappa shape index (κ2) is 6.83. The van der Waals surface area contributed by atoms with E-state index in [4.69, 9.17) is 9.47 Å². The molecule has 0 bridgehead atoms. The van der Waals surface area contributed by atoms with E-state index >= 15 is 0 Å². The molecule has 0 spiro atoms. The highest BCUT2D eigenvalue weighted by molar-refractivity contribution is 5.80. The Balaban J connectivity index is 2.77. The number of urea groups is 1. The normalized spacial score (nSPS) is 21.7. The third-order valence-corrected chi connectivity index (χ3v) is 2.82. The van der Waals surface area contributed by atoms with Gasteiger partial charge in [0.2, 0.25) is 0 Å². The van der Waals surface area contributed by atoms with Crippen LogP contribution in [0.3, 0.4) is 0 Å². The predicted molar refractivity (Wildman–Crippen MR) is 68.8 cm³/mol. The Morgan fingerprint density at radius 2 is 1.35 bits per heavy atom.